The summed E-state index contributed by atoms with van der Waals surface area (Å²) < 4.78 is 1.07. The highest BCUT2D eigenvalue weighted by Gasteiger charge is 2.37. The van der Waals surface area contributed by atoms with E-state index in [2.05, 4.69) is 39.9 Å². The molecule has 106 valence electrons. The lowest BCUT2D eigenvalue weighted by atomic mass is 9.96. The van der Waals surface area contributed by atoms with Crippen LogP contribution in [0.3, 0.4) is 0 Å². The van der Waals surface area contributed by atoms with Gasteiger partial charge >= 0.3 is 0 Å². The largest absolute Gasteiger partial charge is 0.389 e. The highest BCUT2D eigenvalue weighted by atomic mass is 79.9. The maximum atomic E-state index is 10.2. The zero-order valence-corrected chi connectivity index (χ0v) is 13.2. The molecule has 0 spiro atoms. The lowest BCUT2D eigenvalue weighted by molar-refractivity contribution is 0.0593. The molecule has 1 fully saturated rings. The van der Waals surface area contributed by atoms with Crippen LogP contribution in [-0.2, 0) is 0 Å². The first-order chi connectivity index (χ1) is 8.93. The van der Waals surface area contributed by atoms with Crippen LogP contribution in [0.25, 0.3) is 0 Å². The third-order valence-corrected chi connectivity index (χ3v) is 4.44. The molecule has 0 radical (unpaired) electrons. The minimum absolute atomic E-state index is 0.0863. The van der Waals surface area contributed by atoms with Gasteiger partial charge < -0.3 is 10.8 Å². The number of likely N-dealkylation sites (tertiary alicyclic amines) is 1. The zero-order chi connectivity index (χ0) is 14.0. The third kappa shape index (κ3) is 3.57. The normalized spacial score (nSPS) is 27.4. The summed E-state index contributed by atoms with van der Waals surface area (Å²) in [7, 11) is 0. The number of halogens is 1. The lowest BCUT2D eigenvalue weighted by Gasteiger charge is -2.33. The van der Waals surface area contributed by atoms with Gasteiger partial charge in [0.25, 0.3) is 0 Å². The third-order valence-electron chi connectivity index (χ3n) is 3.94. The minimum Gasteiger partial charge on any atom is -0.389 e. The monoisotopic (exact) mass is 326 g/mol. The van der Waals surface area contributed by atoms with Gasteiger partial charge in [-0.3, -0.25) is 4.90 Å². The Kier molecular flexibility index (Phi) is 4.66. The fourth-order valence-electron chi connectivity index (χ4n) is 2.86. The Balaban J connectivity index is 2.27. The summed E-state index contributed by atoms with van der Waals surface area (Å²) in [4.78, 5) is 2.32. The Morgan fingerprint density at radius 3 is 2.79 bits per heavy atom. The number of rotatable bonds is 4. The second-order valence-electron chi connectivity index (χ2n) is 5.79. The van der Waals surface area contributed by atoms with E-state index in [0.29, 0.717) is 6.54 Å². The molecule has 0 aromatic heterocycles. The van der Waals surface area contributed by atoms with Crippen molar-refractivity contribution in [2.24, 2.45) is 5.73 Å². The molecule has 0 saturated carbocycles. The van der Waals surface area contributed by atoms with Gasteiger partial charge in [0.1, 0.15) is 0 Å². The standard InChI is InChI=1S/C15H23BrN2O/c1-3-13(17)14(11-5-4-6-12(16)9-11)18-8-7-15(2,19)10-18/h4-6,9,13-14,19H,3,7-8,10,17H2,1-2H3. The first-order valence-corrected chi connectivity index (χ1v) is 7.70. The van der Waals surface area contributed by atoms with Crippen LogP contribution in [0.1, 0.15) is 38.3 Å². The molecule has 0 amide bonds. The Hall–Kier alpha value is -0.420. The average Bonchev–Trinajstić information content (AvgIpc) is 2.69. The first kappa shape index (κ1) is 15.0. The Morgan fingerprint density at radius 1 is 1.53 bits per heavy atom. The fourth-order valence-corrected chi connectivity index (χ4v) is 3.28. The maximum Gasteiger partial charge on any atom is 0.0758 e. The van der Waals surface area contributed by atoms with Crippen molar-refractivity contribution < 1.29 is 5.11 Å². The van der Waals surface area contributed by atoms with Crippen molar-refractivity contribution in [3.8, 4) is 0 Å². The molecule has 3 atom stereocenters. The summed E-state index contributed by atoms with van der Waals surface area (Å²) in [5.41, 5.74) is 6.97. The van der Waals surface area contributed by atoms with Crippen LogP contribution in [0.5, 0.6) is 0 Å². The highest BCUT2D eigenvalue weighted by Crippen LogP contribution is 2.33. The summed E-state index contributed by atoms with van der Waals surface area (Å²) in [5, 5.41) is 10.2. The molecule has 19 heavy (non-hydrogen) atoms. The molecule has 2 rings (SSSR count). The Bertz CT molecular complexity index is 436. The van der Waals surface area contributed by atoms with E-state index in [4.69, 9.17) is 5.73 Å². The molecule has 1 heterocycles. The van der Waals surface area contributed by atoms with Gasteiger partial charge in [0.15, 0.2) is 0 Å². The summed E-state index contributed by atoms with van der Waals surface area (Å²) >= 11 is 3.52. The molecular formula is C15H23BrN2O. The van der Waals surface area contributed by atoms with Gasteiger partial charge in [0, 0.05) is 23.6 Å². The molecule has 1 aromatic carbocycles. The van der Waals surface area contributed by atoms with Crippen LogP contribution in [0.15, 0.2) is 28.7 Å². The first-order valence-electron chi connectivity index (χ1n) is 6.90. The van der Waals surface area contributed by atoms with Gasteiger partial charge in [0.05, 0.1) is 11.6 Å². The fraction of sp³-hybridized carbons (Fsp3) is 0.600. The van der Waals surface area contributed by atoms with Crippen molar-refractivity contribution in [1.29, 1.82) is 0 Å². The zero-order valence-electron chi connectivity index (χ0n) is 11.6. The van der Waals surface area contributed by atoms with E-state index >= 15 is 0 Å². The Labute approximate surface area is 123 Å². The maximum absolute atomic E-state index is 10.2. The second-order valence-corrected chi connectivity index (χ2v) is 6.71. The molecular weight excluding hydrogens is 304 g/mol. The van der Waals surface area contributed by atoms with Crippen molar-refractivity contribution in [2.75, 3.05) is 13.1 Å². The summed E-state index contributed by atoms with van der Waals surface area (Å²) in [6.45, 7) is 5.61. The summed E-state index contributed by atoms with van der Waals surface area (Å²) in [5.74, 6) is 0. The molecule has 3 N–H and O–H groups in total. The smallest absolute Gasteiger partial charge is 0.0758 e. The van der Waals surface area contributed by atoms with Gasteiger partial charge in [0.2, 0.25) is 0 Å². The van der Waals surface area contributed by atoms with E-state index in [0.717, 1.165) is 23.9 Å². The summed E-state index contributed by atoms with van der Waals surface area (Å²) in [6.07, 6.45) is 1.74. The minimum atomic E-state index is -0.586. The van der Waals surface area contributed by atoms with E-state index in [1.165, 1.54) is 5.56 Å². The predicted molar refractivity (Wildman–Crippen MR) is 82.0 cm³/mol. The SMILES string of the molecule is CCC(N)C(c1cccc(Br)c1)N1CCC(C)(O)C1. The van der Waals surface area contributed by atoms with Crippen molar-refractivity contribution >= 4 is 15.9 Å². The number of hydrogen-bond acceptors (Lipinski definition) is 3. The van der Waals surface area contributed by atoms with Gasteiger partial charge in [-0.2, -0.15) is 0 Å². The van der Waals surface area contributed by atoms with Gasteiger partial charge in [-0.1, -0.05) is 35.0 Å². The van der Waals surface area contributed by atoms with Gasteiger partial charge in [-0.15, -0.1) is 0 Å². The molecule has 1 aliphatic rings. The summed E-state index contributed by atoms with van der Waals surface area (Å²) in [6, 6.07) is 8.59. The molecule has 4 heteroatoms. The molecule has 3 unspecified atom stereocenters. The van der Waals surface area contributed by atoms with Crippen molar-refractivity contribution in [3.05, 3.63) is 34.3 Å². The number of β-amino-alcohol motifs (C(OH)–C–C–N with tert-alkyl or cyclic N) is 1. The van der Waals surface area contributed by atoms with E-state index in [1.807, 2.05) is 19.1 Å². The number of nitrogens with zero attached hydrogens (tertiary/aromatic N) is 1. The Morgan fingerprint density at radius 2 is 2.26 bits per heavy atom. The van der Waals surface area contributed by atoms with E-state index in [-0.39, 0.29) is 12.1 Å². The van der Waals surface area contributed by atoms with E-state index < -0.39 is 5.60 Å². The van der Waals surface area contributed by atoms with E-state index in [1.54, 1.807) is 0 Å². The number of hydrogen-bond donors (Lipinski definition) is 2. The average molecular weight is 327 g/mol. The highest BCUT2D eigenvalue weighted by molar-refractivity contribution is 9.10. The molecule has 0 aliphatic carbocycles. The quantitative estimate of drug-likeness (QED) is 0.894. The van der Waals surface area contributed by atoms with Crippen LogP contribution in [0.2, 0.25) is 0 Å². The number of aliphatic hydroxyl groups is 1. The van der Waals surface area contributed by atoms with Gasteiger partial charge in [-0.05, 0) is 37.5 Å². The molecule has 3 nitrogen and oxygen atoms in total. The van der Waals surface area contributed by atoms with Crippen LogP contribution < -0.4 is 5.73 Å². The van der Waals surface area contributed by atoms with Crippen LogP contribution >= 0.6 is 15.9 Å². The predicted octanol–water partition coefficient (Wildman–Crippen LogP) is 2.68. The van der Waals surface area contributed by atoms with E-state index in [9.17, 15) is 5.11 Å². The van der Waals surface area contributed by atoms with Crippen molar-refractivity contribution in [1.82, 2.24) is 4.90 Å². The molecule has 1 aromatic rings. The van der Waals surface area contributed by atoms with Crippen LogP contribution in [0, 0.1) is 0 Å². The van der Waals surface area contributed by atoms with Crippen LogP contribution in [0.4, 0.5) is 0 Å². The molecule has 0 bridgehead atoms. The number of benzene rings is 1. The topological polar surface area (TPSA) is 49.5 Å². The van der Waals surface area contributed by atoms with Crippen molar-refractivity contribution in [3.63, 3.8) is 0 Å². The molecule has 1 aliphatic heterocycles. The molecule has 1 saturated heterocycles. The van der Waals surface area contributed by atoms with Crippen molar-refractivity contribution in [2.45, 2.75) is 44.4 Å². The number of nitrogens with two attached hydrogens (primary N) is 1. The lowest BCUT2D eigenvalue weighted by Crippen LogP contribution is -2.41. The van der Waals surface area contributed by atoms with Gasteiger partial charge in [-0.25, -0.2) is 0 Å². The second kappa shape index (κ2) is 5.92. The van der Waals surface area contributed by atoms with Crippen LogP contribution in [-0.4, -0.2) is 34.7 Å².